The van der Waals surface area contributed by atoms with Crippen molar-refractivity contribution in [3.05, 3.63) is 89.1 Å². The molecule has 0 spiro atoms. The summed E-state index contributed by atoms with van der Waals surface area (Å²) in [6.07, 6.45) is 5.60. The van der Waals surface area contributed by atoms with Crippen LogP contribution in [-0.2, 0) is 11.2 Å². The minimum Gasteiger partial charge on any atom is -0.391 e. The first-order valence-electron chi connectivity index (χ1n) is 10.8. The van der Waals surface area contributed by atoms with Gasteiger partial charge < -0.3 is 10.4 Å². The van der Waals surface area contributed by atoms with Gasteiger partial charge >= 0.3 is 0 Å². The predicted octanol–water partition coefficient (Wildman–Crippen LogP) is 3.66. The number of amides is 2. The molecule has 0 aliphatic rings. The van der Waals surface area contributed by atoms with E-state index in [4.69, 9.17) is 5.21 Å². The summed E-state index contributed by atoms with van der Waals surface area (Å²) in [6, 6.07) is 13.9. The van der Waals surface area contributed by atoms with E-state index >= 15 is 0 Å². The average molecular weight is 450 g/mol. The van der Waals surface area contributed by atoms with E-state index in [2.05, 4.69) is 41.5 Å². The molecule has 2 rings (SSSR count). The molecule has 2 aromatic carbocycles. The van der Waals surface area contributed by atoms with Gasteiger partial charge in [0.25, 0.3) is 11.8 Å². The highest BCUT2D eigenvalue weighted by Crippen LogP contribution is 2.18. The molecule has 174 valence electrons. The Labute approximate surface area is 194 Å². The summed E-state index contributed by atoms with van der Waals surface area (Å²) in [4.78, 5) is 28.6. The maximum Gasteiger partial charge on any atom is 0.268 e. The lowest BCUT2D eigenvalue weighted by Crippen LogP contribution is -2.51. The van der Waals surface area contributed by atoms with E-state index in [9.17, 15) is 14.7 Å². The number of rotatable bonds is 9. The number of nitrogens with zero attached hydrogens (tertiary/aromatic N) is 1. The third-order valence-corrected chi connectivity index (χ3v) is 5.17. The quantitative estimate of drug-likeness (QED) is 0.203. The van der Waals surface area contributed by atoms with Gasteiger partial charge in [-0.1, -0.05) is 55.5 Å². The molecular formula is C26H31N3O4. The number of hydrogen-bond donors (Lipinski definition) is 4. The normalized spacial score (nSPS) is 14.1. The van der Waals surface area contributed by atoms with Crippen molar-refractivity contribution in [2.75, 3.05) is 0 Å². The van der Waals surface area contributed by atoms with E-state index in [0.29, 0.717) is 5.56 Å². The van der Waals surface area contributed by atoms with Crippen LogP contribution in [-0.4, -0.2) is 40.0 Å². The van der Waals surface area contributed by atoms with Crippen molar-refractivity contribution < 1.29 is 19.9 Å². The molecule has 0 unspecified atom stereocenters. The van der Waals surface area contributed by atoms with Gasteiger partial charge in [0.15, 0.2) is 0 Å². The smallest absolute Gasteiger partial charge is 0.268 e. The van der Waals surface area contributed by atoms with Crippen LogP contribution in [0.5, 0.6) is 0 Å². The number of carbonyl (C=O) groups excluding carboxylic acids is 2. The van der Waals surface area contributed by atoms with Crippen molar-refractivity contribution >= 4 is 23.1 Å². The molecule has 0 radical (unpaired) electrons. The van der Waals surface area contributed by atoms with E-state index in [0.717, 1.165) is 28.8 Å². The lowest BCUT2D eigenvalue weighted by Gasteiger charge is -2.19. The number of hydrogen-bond acceptors (Lipinski definition) is 5. The third-order valence-electron chi connectivity index (χ3n) is 5.17. The first kappa shape index (κ1) is 25.7. The second-order valence-corrected chi connectivity index (χ2v) is 7.59. The Morgan fingerprint density at radius 2 is 1.61 bits per heavy atom. The maximum atomic E-state index is 12.4. The zero-order chi connectivity index (χ0) is 24.4. The number of benzene rings is 2. The van der Waals surface area contributed by atoms with Crippen molar-refractivity contribution in [3.8, 4) is 0 Å². The number of aryl methyl sites for hydroxylation is 1. The molecule has 0 saturated heterocycles. The summed E-state index contributed by atoms with van der Waals surface area (Å²) in [5.41, 5.74) is 6.70. The number of nitrogens with one attached hydrogen (secondary N) is 2. The molecule has 0 fully saturated rings. The fraction of sp³-hybridized carbons (Fsp3) is 0.269. The van der Waals surface area contributed by atoms with Gasteiger partial charge in [-0.05, 0) is 61.6 Å². The van der Waals surface area contributed by atoms with Gasteiger partial charge in [-0.2, -0.15) is 0 Å². The zero-order valence-electron chi connectivity index (χ0n) is 19.4. The Morgan fingerprint density at radius 1 is 1.03 bits per heavy atom. The van der Waals surface area contributed by atoms with Crippen LogP contribution in [0.2, 0.25) is 0 Å². The molecule has 0 heterocycles. The topological polar surface area (TPSA) is 111 Å². The minimum absolute atomic E-state index is 0.309. The largest absolute Gasteiger partial charge is 0.391 e. The molecule has 4 N–H and O–H groups in total. The molecule has 33 heavy (non-hydrogen) atoms. The number of aliphatic hydroxyl groups is 1. The van der Waals surface area contributed by atoms with Crippen LogP contribution in [0.4, 0.5) is 0 Å². The second kappa shape index (κ2) is 12.5. The number of hydroxylamine groups is 1. The number of carbonyl (C=O) groups is 2. The lowest BCUT2D eigenvalue weighted by molar-refractivity contribution is -0.133. The lowest BCUT2D eigenvalue weighted by atomic mass is 10.0. The fourth-order valence-corrected chi connectivity index (χ4v) is 3.13. The Morgan fingerprint density at radius 3 is 2.12 bits per heavy atom. The Hall–Kier alpha value is -3.55. The SMILES string of the molecule is CC=C/C(=C\N=C(C)c1ccc(C(=O)N[C@H](C(=O)NO)[C@@H](C)O)cc1)c1ccc(CC)cc1. The molecule has 7 heteroatoms. The zero-order valence-corrected chi connectivity index (χ0v) is 19.4. The van der Waals surface area contributed by atoms with E-state index in [1.165, 1.54) is 18.0 Å². The van der Waals surface area contributed by atoms with Crippen LogP contribution < -0.4 is 10.8 Å². The highest BCUT2D eigenvalue weighted by atomic mass is 16.5. The van der Waals surface area contributed by atoms with E-state index in [-0.39, 0.29) is 0 Å². The van der Waals surface area contributed by atoms with Crippen LogP contribution in [0, 0.1) is 0 Å². The number of aliphatic hydroxyl groups excluding tert-OH is 1. The van der Waals surface area contributed by atoms with E-state index in [1.807, 2.05) is 32.2 Å². The minimum atomic E-state index is -1.27. The van der Waals surface area contributed by atoms with Crippen LogP contribution in [0.3, 0.4) is 0 Å². The van der Waals surface area contributed by atoms with Crippen molar-refractivity contribution in [2.45, 2.75) is 46.3 Å². The van der Waals surface area contributed by atoms with Gasteiger partial charge in [-0.3, -0.25) is 19.8 Å². The van der Waals surface area contributed by atoms with Gasteiger partial charge in [0.2, 0.25) is 0 Å². The Bertz CT molecular complexity index is 1040. The molecule has 0 aliphatic heterocycles. The number of allylic oxidation sites excluding steroid dienone is 3. The Kier molecular flexibility index (Phi) is 9.72. The van der Waals surface area contributed by atoms with E-state index < -0.39 is 24.0 Å². The summed E-state index contributed by atoms with van der Waals surface area (Å²) in [7, 11) is 0. The van der Waals surface area contributed by atoms with E-state index in [1.54, 1.807) is 24.3 Å². The summed E-state index contributed by atoms with van der Waals surface area (Å²) >= 11 is 0. The summed E-state index contributed by atoms with van der Waals surface area (Å²) in [6.45, 7) is 7.31. The van der Waals surface area contributed by atoms with Crippen LogP contribution in [0.15, 0.2) is 71.9 Å². The predicted molar refractivity (Wildman–Crippen MR) is 130 cm³/mol. The van der Waals surface area contributed by atoms with Crippen LogP contribution in [0.1, 0.15) is 54.7 Å². The highest BCUT2D eigenvalue weighted by molar-refractivity contribution is 6.02. The molecule has 0 saturated carbocycles. The van der Waals surface area contributed by atoms with Gasteiger partial charge in [0.05, 0.1) is 6.10 Å². The molecule has 2 aromatic rings. The van der Waals surface area contributed by atoms with Gasteiger partial charge in [-0.25, -0.2) is 5.48 Å². The molecule has 0 bridgehead atoms. The van der Waals surface area contributed by atoms with Gasteiger partial charge in [0, 0.05) is 17.5 Å². The van der Waals surface area contributed by atoms with Gasteiger partial charge in [-0.15, -0.1) is 0 Å². The molecule has 0 aliphatic carbocycles. The van der Waals surface area contributed by atoms with Crippen molar-refractivity contribution in [2.24, 2.45) is 4.99 Å². The summed E-state index contributed by atoms with van der Waals surface area (Å²) < 4.78 is 0. The summed E-state index contributed by atoms with van der Waals surface area (Å²) in [5.74, 6) is -1.44. The highest BCUT2D eigenvalue weighted by Gasteiger charge is 2.25. The summed E-state index contributed by atoms with van der Waals surface area (Å²) in [5, 5.41) is 20.8. The molecule has 0 aromatic heterocycles. The second-order valence-electron chi connectivity index (χ2n) is 7.59. The number of aliphatic imine (C=N–C) groups is 1. The molecular weight excluding hydrogens is 418 g/mol. The monoisotopic (exact) mass is 449 g/mol. The van der Waals surface area contributed by atoms with Crippen molar-refractivity contribution in [1.29, 1.82) is 0 Å². The standard InChI is InChI=1S/C26H31N3O4/c1-5-7-23(21-10-8-19(6-2)9-11-21)16-27-17(3)20-12-14-22(15-13-20)25(31)28-24(18(4)30)26(32)29-33/h5,7-16,18,24,30,33H,6H2,1-4H3,(H,28,31)(H,29,32)/b7-5?,23-16+,27-17?/t18-,24+/m1/s1. The van der Waals surface area contributed by atoms with Crippen molar-refractivity contribution in [3.63, 3.8) is 0 Å². The van der Waals surface area contributed by atoms with Crippen molar-refractivity contribution in [1.82, 2.24) is 10.8 Å². The third kappa shape index (κ3) is 7.24. The van der Waals surface area contributed by atoms with Gasteiger partial charge in [0.1, 0.15) is 6.04 Å². The maximum absolute atomic E-state index is 12.4. The Balaban J connectivity index is 2.19. The first-order valence-corrected chi connectivity index (χ1v) is 10.8. The van der Waals surface area contributed by atoms with Crippen LogP contribution >= 0.6 is 0 Å². The first-order chi connectivity index (χ1) is 15.8. The molecule has 2 amide bonds. The fourth-order valence-electron chi connectivity index (χ4n) is 3.13. The molecule has 2 atom stereocenters. The molecule has 7 nitrogen and oxygen atoms in total. The average Bonchev–Trinajstić information content (AvgIpc) is 2.84. The van der Waals surface area contributed by atoms with Crippen LogP contribution in [0.25, 0.3) is 5.57 Å².